The van der Waals surface area contributed by atoms with Crippen molar-refractivity contribution in [2.24, 2.45) is 0 Å². The van der Waals surface area contributed by atoms with Crippen LogP contribution in [0.1, 0.15) is 25.0 Å². The quantitative estimate of drug-likeness (QED) is 0.836. The van der Waals surface area contributed by atoms with Gasteiger partial charge in [0.15, 0.2) is 0 Å². The SMILES string of the molecule is CCN(C)CCC(O)c1cccc(Cl)c1. The Bertz CT molecular complexity index is 303. The summed E-state index contributed by atoms with van der Waals surface area (Å²) in [7, 11) is 2.05. The predicted molar refractivity (Wildman–Crippen MR) is 64.2 cm³/mol. The molecule has 0 fully saturated rings. The van der Waals surface area contributed by atoms with Gasteiger partial charge in [-0.2, -0.15) is 0 Å². The van der Waals surface area contributed by atoms with Crippen LogP contribution in [0.3, 0.4) is 0 Å². The number of halogens is 1. The van der Waals surface area contributed by atoms with Gasteiger partial charge in [-0.1, -0.05) is 30.7 Å². The zero-order valence-corrected chi connectivity index (χ0v) is 10.0. The van der Waals surface area contributed by atoms with E-state index in [1.165, 1.54) is 0 Å². The third-order valence-corrected chi connectivity index (χ3v) is 2.79. The van der Waals surface area contributed by atoms with Crippen LogP contribution in [0.5, 0.6) is 0 Å². The summed E-state index contributed by atoms with van der Waals surface area (Å²) in [6.07, 6.45) is 0.322. The van der Waals surface area contributed by atoms with E-state index in [2.05, 4.69) is 11.8 Å². The summed E-state index contributed by atoms with van der Waals surface area (Å²) in [6.45, 7) is 4.00. The molecule has 0 bridgehead atoms. The van der Waals surface area contributed by atoms with Gasteiger partial charge in [-0.15, -0.1) is 0 Å². The Kier molecular flexibility index (Phi) is 5.09. The normalized spacial score (nSPS) is 13.1. The van der Waals surface area contributed by atoms with Crippen LogP contribution in [-0.4, -0.2) is 30.1 Å². The van der Waals surface area contributed by atoms with Gasteiger partial charge in [0.1, 0.15) is 0 Å². The fourth-order valence-corrected chi connectivity index (χ4v) is 1.58. The van der Waals surface area contributed by atoms with Crippen LogP contribution in [0.4, 0.5) is 0 Å². The van der Waals surface area contributed by atoms with Gasteiger partial charge in [-0.25, -0.2) is 0 Å². The van der Waals surface area contributed by atoms with Gasteiger partial charge in [0.25, 0.3) is 0 Å². The first kappa shape index (κ1) is 12.5. The molecular formula is C12H18ClNO. The Morgan fingerprint density at radius 3 is 2.80 bits per heavy atom. The van der Waals surface area contributed by atoms with Gasteiger partial charge in [-0.05, 0) is 37.7 Å². The minimum absolute atomic E-state index is 0.419. The molecule has 1 aromatic rings. The lowest BCUT2D eigenvalue weighted by molar-refractivity contribution is 0.150. The molecule has 0 saturated carbocycles. The van der Waals surface area contributed by atoms with Crippen molar-refractivity contribution in [3.8, 4) is 0 Å². The molecule has 1 rings (SSSR count). The molecule has 0 aliphatic carbocycles. The highest BCUT2D eigenvalue weighted by Crippen LogP contribution is 2.20. The Morgan fingerprint density at radius 1 is 1.47 bits per heavy atom. The second-order valence-electron chi connectivity index (χ2n) is 3.76. The number of hydrogen-bond donors (Lipinski definition) is 1. The molecule has 0 saturated heterocycles. The molecule has 0 aliphatic heterocycles. The maximum absolute atomic E-state index is 9.90. The second-order valence-corrected chi connectivity index (χ2v) is 4.19. The van der Waals surface area contributed by atoms with Crippen molar-refractivity contribution in [3.63, 3.8) is 0 Å². The lowest BCUT2D eigenvalue weighted by atomic mass is 10.1. The van der Waals surface area contributed by atoms with E-state index >= 15 is 0 Å². The zero-order valence-electron chi connectivity index (χ0n) is 9.28. The van der Waals surface area contributed by atoms with E-state index in [1.807, 2.05) is 31.3 Å². The van der Waals surface area contributed by atoms with Crippen molar-refractivity contribution in [2.75, 3.05) is 20.1 Å². The van der Waals surface area contributed by atoms with Crippen molar-refractivity contribution in [3.05, 3.63) is 34.9 Å². The maximum atomic E-state index is 9.90. The van der Waals surface area contributed by atoms with Crippen LogP contribution in [0.25, 0.3) is 0 Å². The first-order chi connectivity index (χ1) is 7.13. The molecule has 0 spiro atoms. The molecular weight excluding hydrogens is 210 g/mol. The van der Waals surface area contributed by atoms with Crippen LogP contribution >= 0.6 is 11.6 Å². The number of rotatable bonds is 5. The average Bonchev–Trinajstić information content (AvgIpc) is 2.25. The maximum Gasteiger partial charge on any atom is 0.0802 e. The lowest BCUT2D eigenvalue weighted by Gasteiger charge is -2.17. The highest BCUT2D eigenvalue weighted by molar-refractivity contribution is 6.30. The number of aliphatic hydroxyl groups is 1. The van der Waals surface area contributed by atoms with E-state index < -0.39 is 6.10 Å². The molecule has 84 valence electrons. The molecule has 1 aromatic carbocycles. The van der Waals surface area contributed by atoms with Gasteiger partial charge in [0.2, 0.25) is 0 Å². The van der Waals surface area contributed by atoms with Crippen LogP contribution in [-0.2, 0) is 0 Å². The van der Waals surface area contributed by atoms with E-state index in [-0.39, 0.29) is 0 Å². The van der Waals surface area contributed by atoms with Crippen molar-refractivity contribution in [1.82, 2.24) is 4.90 Å². The van der Waals surface area contributed by atoms with E-state index in [0.29, 0.717) is 5.02 Å². The fraction of sp³-hybridized carbons (Fsp3) is 0.500. The van der Waals surface area contributed by atoms with Gasteiger partial charge in [0, 0.05) is 11.6 Å². The molecule has 0 aliphatic rings. The third kappa shape index (κ3) is 4.20. The minimum Gasteiger partial charge on any atom is -0.388 e. The van der Waals surface area contributed by atoms with Crippen LogP contribution in [0.15, 0.2) is 24.3 Å². The minimum atomic E-state index is -0.419. The van der Waals surface area contributed by atoms with Crippen molar-refractivity contribution in [1.29, 1.82) is 0 Å². The Morgan fingerprint density at radius 2 is 2.20 bits per heavy atom. The molecule has 1 atom stereocenters. The molecule has 0 amide bonds. The van der Waals surface area contributed by atoms with E-state index in [0.717, 1.165) is 25.1 Å². The van der Waals surface area contributed by atoms with Crippen molar-refractivity contribution in [2.45, 2.75) is 19.4 Å². The molecule has 0 heterocycles. The zero-order chi connectivity index (χ0) is 11.3. The first-order valence-electron chi connectivity index (χ1n) is 5.25. The molecule has 1 N–H and O–H groups in total. The smallest absolute Gasteiger partial charge is 0.0802 e. The fourth-order valence-electron chi connectivity index (χ4n) is 1.38. The van der Waals surface area contributed by atoms with Crippen LogP contribution < -0.4 is 0 Å². The predicted octanol–water partition coefficient (Wildman–Crippen LogP) is 2.72. The summed E-state index contributed by atoms with van der Waals surface area (Å²) >= 11 is 5.86. The first-order valence-corrected chi connectivity index (χ1v) is 5.63. The standard InChI is InChI=1S/C12H18ClNO/c1-3-14(2)8-7-12(15)10-5-4-6-11(13)9-10/h4-6,9,12,15H,3,7-8H2,1-2H3. The highest BCUT2D eigenvalue weighted by Gasteiger charge is 2.08. The molecule has 0 radical (unpaired) electrons. The summed E-state index contributed by atoms with van der Waals surface area (Å²) in [6, 6.07) is 7.40. The number of hydrogen-bond acceptors (Lipinski definition) is 2. The van der Waals surface area contributed by atoms with Gasteiger partial charge >= 0.3 is 0 Å². The molecule has 2 nitrogen and oxygen atoms in total. The second kappa shape index (κ2) is 6.11. The summed E-state index contributed by atoms with van der Waals surface area (Å²) in [5.41, 5.74) is 0.895. The highest BCUT2D eigenvalue weighted by atomic mass is 35.5. The lowest BCUT2D eigenvalue weighted by Crippen LogP contribution is -2.20. The molecule has 1 unspecified atom stereocenters. The van der Waals surface area contributed by atoms with Crippen molar-refractivity contribution < 1.29 is 5.11 Å². The number of benzene rings is 1. The summed E-state index contributed by atoms with van der Waals surface area (Å²) in [5.74, 6) is 0. The van der Waals surface area contributed by atoms with E-state index in [1.54, 1.807) is 0 Å². The monoisotopic (exact) mass is 227 g/mol. The van der Waals surface area contributed by atoms with Crippen LogP contribution in [0, 0.1) is 0 Å². The molecule has 15 heavy (non-hydrogen) atoms. The van der Waals surface area contributed by atoms with Gasteiger partial charge < -0.3 is 10.0 Å². The number of nitrogens with zero attached hydrogens (tertiary/aromatic N) is 1. The molecule has 0 aromatic heterocycles. The number of aliphatic hydroxyl groups excluding tert-OH is 1. The topological polar surface area (TPSA) is 23.5 Å². The Labute approximate surface area is 96.5 Å². The molecule has 3 heteroatoms. The Hall–Kier alpha value is -0.570. The summed E-state index contributed by atoms with van der Waals surface area (Å²) < 4.78 is 0. The largest absolute Gasteiger partial charge is 0.388 e. The summed E-state index contributed by atoms with van der Waals surface area (Å²) in [4.78, 5) is 2.17. The van der Waals surface area contributed by atoms with Crippen molar-refractivity contribution >= 4 is 11.6 Å². The third-order valence-electron chi connectivity index (χ3n) is 2.56. The van der Waals surface area contributed by atoms with Gasteiger partial charge in [-0.3, -0.25) is 0 Å². The van der Waals surface area contributed by atoms with Crippen LogP contribution in [0.2, 0.25) is 5.02 Å². The van der Waals surface area contributed by atoms with Gasteiger partial charge in [0.05, 0.1) is 6.10 Å². The Balaban J connectivity index is 2.50. The average molecular weight is 228 g/mol. The van der Waals surface area contributed by atoms with E-state index in [4.69, 9.17) is 11.6 Å². The van der Waals surface area contributed by atoms with E-state index in [9.17, 15) is 5.11 Å². The summed E-state index contributed by atoms with van der Waals surface area (Å²) in [5, 5.41) is 10.6.